The minimum Gasteiger partial charge on any atom is -0.478 e. The third-order valence-corrected chi connectivity index (χ3v) is 4.74. The van der Waals surface area contributed by atoms with Crippen molar-refractivity contribution in [3.05, 3.63) is 46.5 Å². The van der Waals surface area contributed by atoms with Gasteiger partial charge in [0.15, 0.2) is 0 Å². The van der Waals surface area contributed by atoms with E-state index in [0.29, 0.717) is 35.7 Å². The lowest BCUT2D eigenvalue weighted by Gasteiger charge is -2.36. The maximum atomic E-state index is 12.3. The highest BCUT2D eigenvalue weighted by Gasteiger charge is 2.34. The van der Waals surface area contributed by atoms with Crippen LogP contribution in [0.4, 0.5) is 0 Å². The van der Waals surface area contributed by atoms with Crippen LogP contribution in [0.15, 0.2) is 35.9 Å². The second-order valence-corrected chi connectivity index (χ2v) is 6.31. The molecule has 0 saturated carbocycles. The zero-order chi connectivity index (χ0) is 17.0. The number of halogens is 1. The van der Waals surface area contributed by atoms with E-state index in [1.807, 2.05) is 4.90 Å². The molecule has 0 aliphatic carbocycles. The van der Waals surface area contributed by atoms with Crippen molar-refractivity contribution in [2.45, 2.75) is 17.7 Å². The van der Waals surface area contributed by atoms with Gasteiger partial charge in [-0.15, -0.1) is 0 Å². The molecule has 1 aromatic carbocycles. The average Bonchev–Trinajstić information content (AvgIpc) is 2.51. The minimum atomic E-state index is -1.02. The molecule has 0 amide bonds. The molecular weight excluding hydrogens is 338 g/mol. The quantitative estimate of drug-likeness (QED) is 0.493. The third-order valence-electron chi connectivity index (χ3n) is 3.80. The summed E-state index contributed by atoms with van der Waals surface area (Å²) in [5.41, 5.74) is 1.31. The number of likely N-dealkylation sites (tertiary alicyclic amines) is 1. The molecule has 1 aliphatic rings. The van der Waals surface area contributed by atoms with Crippen LogP contribution in [0.3, 0.4) is 0 Å². The maximum absolute atomic E-state index is 12.3. The van der Waals surface area contributed by atoms with E-state index in [1.54, 1.807) is 24.3 Å². The standard InChI is InChI=1S/C16H18ClNO4S/c1-22-16(21)15(11-4-2-3-5-12(11)17)18-7-6-13(23)10(9-18)8-14(19)20/h2-5,8,13,15,23H,6-7,9H2,1H3,(H,19,20)/t13-,15+/m1/s1. The first-order valence-corrected chi connectivity index (χ1v) is 8.01. The Morgan fingerprint density at radius 2 is 2.17 bits per heavy atom. The molecule has 1 heterocycles. The molecule has 0 radical (unpaired) electrons. The summed E-state index contributed by atoms with van der Waals surface area (Å²) in [5, 5.41) is 9.32. The van der Waals surface area contributed by atoms with Crippen molar-refractivity contribution < 1.29 is 19.4 Å². The SMILES string of the molecule is COC(=O)[C@H](c1ccccc1Cl)N1CC[C@@H](S)C(=CC(=O)O)C1. The summed E-state index contributed by atoms with van der Waals surface area (Å²) in [6, 6.07) is 6.40. The summed E-state index contributed by atoms with van der Waals surface area (Å²) in [5.74, 6) is -1.45. The van der Waals surface area contributed by atoms with Crippen molar-refractivity contribution >= 4 is 36.2 Å². The fourth-order valence-electron chi connectivity index (χ4n) is 2.69. The van der Waals surface area contributed by atoms with E-state index >= 15 is 0 Å². The van der Waals surface area contributed by atoms with Crippen molar-refractivity contribution in [1.82, 2.24) is 4.90 Å². The molecule has 124 valence electrons. The summed E-state index contributed by atoms with van der Waals surface area (Å²) in [6.45, 7) is 0.918. The molecular formula is C16H18ClNO4S. The number of carbonyl (C=O) groups is 2. The van der Waals surface area contributed by atoms with Gasteiger partial charge in [-0.05, 0) is 23.6 Å². The molecule has 1 N–H and O–H groups in total. The van der Waals surface area contributed by atoms with Crippen molar-refractivity contribution in [1.29, 1.82) is 0 Å². The average molecular weight is 356 g/mol. The van der Waals surface area contributed by atoms with Crippen molar-refractivity contribution in [2.24, 2.45) is 0 Å². The number of aliphatic carboxylic acids is 1. The van der Waals surface area contributed by atoms with Crippen molar-refractivity contribution in [2.75, 3.05) is 20.2 Å². The lowest BCUT2D eigenvalue weighted by molar-refractivity contribution is -0.147. The molecule has 1 aromatic rings. The van der Waals surface area contributed by atoms with Gasteiger partial charge in [-0.1, -0.05) is 29.8 Å². The highest BCUT2D eigenvalue weighted by molar-refractivity contribution is 7.81. The first-order chi connectivity index (χ1) is 10.9. The number of carboxylic acid groups (broad SMARTS) is 1. The number of hydrogen-bond donors (Lipinski definition) is 2. The molecule has 5 nitrogen and oxygen atoms in total. The maximum Gasteiger partial charge on any atom is 0.328 e. The fraction of sp³-hybridized carbons (Fsp3) is 0.375. The van der Waals surface area contributed by atoms with Gasteiger partial charge in [0, 0.05) is 29.4 Å². The molecule has 0 unspecified atom stereocenters. The van der Waals surface area contributed by atoms with Gasteiger partial charge in [-0.3, -0.25) is 4.90 Å². The molecule has 23 heavy (non-hydrogen) atoms. The molecule has 0 spiro atoms. The fourth-order valence-corrected chi connectivity index (χ4v) is 3.21. The zero-order valence-electron chi connectivity index (χ0n) is 12.6. The predicted molar refractivity (Wildman–Crippen MR) is 90.9 cm³/mol. The van der Waals surface area contributed by atoms with Gasteiger partial charge in [0.05, 0.1) is 7.11 Å². The first kappa shape index (κ1) is 17.8. The third kappa shape index (κ3) is 4.28. The lowest BCUT2D eigenvalue weighted by atomic mass is 9.98. The monoisotopic (exact) mass is 355 g/mol. The van der Waals surface area contributed by atoms with Crippen LogP contribution in [0, 0.1) is 0 Å². The van der Waals surface area contributed by atoms with E-state index in [9.17, 15) is 9.59 Å². The van der Waals surface area contributed by atoms with Gasteiger partial charge in [-0.25, -0.2) is 9.59 Å². The summed E-state index contributed by atoms with van der Waals surface area (Å²) in [7, 11) is 1.32. The van der Waals surface area contributed by atoms with Crippen LogP contribution in [0.2, 0.25) is 5.02 Å². The summed E-state index contributed by atoms with van der Waals surface area (Å²) < 4.78 is 4.92. The van der Waals surface area contributed by atoms with Gasteiger partial charge in [0.25, 0.3) is 0 Å². The van der Waals surface area contributed by atoms with Crippen LogP contribution >= 0.6 is 24.2 Å². The predicted octanol–water partition coefficient (Wildman–Crippen LogP) is 2.57. The molecule has 2 atom stereocenters. The Balaban J connectivity index is 2.35. The number of esters is 1. The highest BCUT2D eigenvalue weighted by Crippen LogP contribution is 2.33. The lowest BCUT2D eigenvalue weighted by Crippen LogP contribution is -2.42. The normalized spacial score (nSPS) is 21.9. The Morgan fingerprint density at radius 3 is 2.78 bits per heavy atom. The van der Waals surface area contributed by atoms with Crippen LogP contribution < -0.4 is 0 Å². The van der Waals surface area contributed by atoms with Crippen LogP contribution in [0.1, 0.15) is 18.0 Å². The van der Waals surface area contributed by atoms with E-state index in [1.165, 1.54) is 7.11 Å². The molecule has 1 aliphatic heterocycles. The Kier molecular flexibility index (Phi) is 6.10. The van der Waals surface area contributed by atoms with Crippen LogP contribution in [0.5, 0.6) is 0 Å². The number of carboxylic acids is 1. The number of benzene rings is 1. The van der Waals surface area contributed by atoms with Gasteiger partial charge >= 0.3 is 11.9 Å². The Labute approximate surface area is 145 Å². The van der Waals surface area contributed by atoms with Crippen molar-refractivity contribution in [3.63, 3.8) is 0 Å². The van der Waals surface area contributed by atoms with E-state index in [4.69, 9.17) is 21.4 Å². The number of piperidine rings is 1. The summed E-state index contributed by atoms with van der Waals surface area (Å²) in [6.07, 6.45) is 1.80. The molecule has 1 fully saturated rings. The van der Waals surface area contributed by atoms with Crippen LogP contribution in [0.25, 0.3) is 0 Å². The second-order valence-electron chi connectivity index (χ2n) is 5.28. The van der Waals surface area contributed by atoms with E-state index in [0.717, 1.165) is 6.08 Å². The number of thiol groups is 1. The molecule has 7 heteroatoms. The number of carbonyl (C=O) groups excluding carboxylic acids is 1. The molecule has 2 rings (SSSR count). The molecule has 1 saturated heterocycles. The van der Waals surface area contributed by atoms with Gasteiger partial charge < -0.3 is 9.84 Å². The van der Waals surface area contributed by atoms with E-state index in [2.05, 4.69) is 12.6 Å². The minimum absolute atomic E-state index is 0.133. The number of nitrogens with zero attached hydrogens (tertiary/aromatic N) is 1. The Hall–Kier alpha value is -1.50. The smallest absolute Gasteiger partial charge is 0.328 e. The number of ether oxygens (including phenoxy) is 1. The Bertz CT molecular complexity index is 634. The number of methoxy groups -OCH3 is 1. The van der Waals surface area contributed by atoms with Gasteiger partial charge in [0.2, 0.25) is 0 Å². The van der Waals surface area contributed by atoms with E-state index in [-0.39, 0.29) is 5.25 Å². The number of hydrogen-bond acceptors (Lipinski definition) is 5. The van der Waals surface area contributed by atoms with Gasteiger partial charge in [0.1, 0.15) is 6.04 Å². The van der Waals surface area contributed by atoms with Gasteiger partial charge in [-0.2, -0.15) is 12.6 Å². The Morgan fingerprint density at radius 1 is 1.48 bits per heavy atom. The first-order valence-electron chi connectivity index (χ1n) is 7.11. The van der Waals surface area contributed by atoms with Crippen molar-refractivity contribution in [3.8, 4) is 0 Å². The highest BCUT2D eigenvalue weighted by atomic mass is 35.5. The molecule has 0 bridgehead atoms. The van der Waals surface area contributed by atoms with Crippen LogP contribution in [-0.2, 0) is 14.3 Å². The van der Waals surface area contributed by atoms with E-state index < -0.39 is 18.0 Å². The summed E-state index contributed by atoms with van der Waals surface area (Å²) >= 11 is 10.7. The van der Waals surface area contributed by atoms with Crippen LogP contribution in [-0.4, -0.2) is 47.4 Å². The zero-order valence-corrected chi connectivity index (χ0v) is 14.3. The second kappa shape index (κ2) is 7.86. The topological polar surface area (TPSA) is 66.8 Å². The number of rotatable bonds is 4. The summed E-state index contributed by atoms with van der Waals surface area (Å²) in [4.78, 5) is 25.1. The molecule has 0 aromatic heterocycles. The largest absolute Gasteiger partial charge is 0.478 e.